The van der Waals surface area contributed by atoms with Gasteiger partial charge in [-0.25, -0.2) is 0 Å². The van der Waals surface area contributed by atoms with Crippen molar-refractivity contribution in [3.63, 3.8) is 0 Å². The highest BCUT2D eigenvalue weighted by Gasteiger charge is 2.42. The van der Waals surface area contributed by atoms with Gasteiger partial charge in [-0.1, -0.05) is 6.42 Å². The van der Waals surface area contributed by atoms with Crippen LogP contribution in [0.2, 0.25) is 0 Å². The molecule has 2 fully saturated rings. The molecule has 3 aliphatic rings. The van der Waals surface area contributed by atoms with Gasteiger partial charge in [-0.2, -0.15) is 0 Å². The van der Waals surface area contributed by atoms with E-state index in [1.807, 2.05) is 24.5 Å². The second-order valence-corrected chi connectivity index (χ2v) is 7.95. The van der Waals surface area contributed by atoms with E-state index in [9.17, 15) is 0 Å². The zero-order valence-electron chi connectivity index (χ0n) is 15.7. The maximum Gasteiger partial charge on any atom is 0.213 e. The minimum absolute atomic E-state index is 0.417. The van der Waals surface area contributed by atoms with Crippen LogP contribution < -0.4 is 10.1 Å². The standard InChI is InChI=1S/C22H27N3O2/c1-2-20(3-1)25-12-8-22(9-13-25)26-16-18-14-19(4-5-21(18)27-22)24-15-17-6-10-23-11-7-17/h4-7,10-11,14,20,24H,1-3,8-9,12-13,15-16H2. The van der Waals surface area contributed by atoms with Crippen molar-refractivity contribution >= 4 is 5.69 Å². The lowest BCUT2D eigenvalue weighted by Crippen LogP contribution is -2.54. The third-order valence-electron chi connectivity index (χ3n) is 6.24. The molecule has 5 rings (SSSR count). The van der Waals surface area contributed by atoms with Crippen molar-refractivity contribution in [1.82, 2.24) is 9.88 Å². The molecule has 0 unspecified atom stereocenters. The highest BCUT2D eigenvalue weighted by atomic mass is 16.7. The second-order valence-electron chi connectivity index (χ2n) is 7.95. The molecule has 1 aromatic carbocycles. The summed E-state index contributed by atoms with van der Waals surface area (Å²) in [5.41, 5.74) is 3.43. The number of likely N-dealkylation sites (tertiary alicyclic amines) is 1. The molecule has 3 heterocycles. The number of hydrogen-bond donors (Lipinski definition) is 1. The number of pyridine rings is 1. The van der Waals surface area contributed by atoms with Gasteiger partial charge in [0.1, 0.15) is 5.75 Å². The van der Waals surface area contributed by atoms with Crippen LogP contribution in [0.25, 0.3) is 0 Å². The molecule has 1 spiro atoms. The van der Waals surface area contributed by atoms with E-state index < -0.39 is 5.79 Å². The van der Waals surface area contributed by atoms with Gasteiger partial charge in [0.25, 0.3) is 0 Å². The van der Waals surface area contributed by atoms with E-state index in [2.05, 4.69) is 33.4 Å². The number of piperidine rings is 1. The Labute approximate surface area is 160 Å². The minimum Gasteiger partial charge on any atom is -0.462 e. The van der Waals surface area contributed by atoms with Gasteiger partial charge in [0.2, 0.25) is 5.79 Å². The summed E-state index contributed by atoms with van der Waals surface area (Å²) in [7, 11) is 0. The molecule has 1 aliphatic carbocycles. The summed E-state index contributed by atoms with van der Waals surface area (Å²) < 4.78 is 12.6. The summed E-state index contributed by atoms with van der Waals surface area (Å²) in [6.07, 6.45) is 9.70. The summed E-state index contributed by atoms with van der Waals surface area (Å²) >= 11 is 0. The number of hydrogen-bond acceptors (Lipinski definition) is 5. The Morgan fingerprint density at radius 3 is 2.67 bits per heavy atom. The van der Waals surface area contributed by atoms with Gasteiger partial charge in [0.15, 0.2) is 0 Å². The number of anilines is 1. The number of ether oxygens (including phenoxy) is 2. The average Bonchev–Trinajstić information content (AvgIpc) is 2.68. The number of aromatic nitrogens is 1. The van der Waals surface area contributed by atoms with Crippen molar-refractivity contribution in [2.75, 3.05) is 18.4 Å². The first kappa shape index (κ1) is 17.0. The molecule has 0 radical (unpaired) electrons. The fourth-order valence-electron chi connectivity index (χ4n) is 4.27. The third kappa shape index (κ3) is 3.54. The molecule has 2 aliphatic heterocycles. The highest BCUT2D eigenvalue weighted by Crippen LogP contribution is 2.40. The largest absolute Gasteiger partial charge is 0.462 e. The number of rotatable bonds is 4. The maximum atomic E-state index is 6.37. The minimum atomic E-state index is -0.417. The van der Waals surface area contributed by atoms with Gasteiger partial charge in [0, 0.05) is 62.2 Å². The fourth-order valence-corrected chi connectivity index (χ4v) is 4.27. The molecule has 5 nitrogen and oxygen atoms in total. The predicted octanol–water partition coefficient (Wildman–Crippen LogP) is 3.95. The Hall–Kier alpha value is -2.11. The van der Waals surface area contributed by atoms with Crippen LogP contribution in [0.15, 0.2) is 42.7 Å². The van der Waals surface area contributed by atoms with E-state index >= 15 is 0 Å². The molecule has 1 N–H and O–H groups in total. The van der Waals surface area contributed by atoms with Gasteiger partial charge in [-0.05, 0) is 48.7 Å². The zero-order valence-corrected chi connectivity index (χ0v) is 15.7. The second kappa shape index (κ2) is 7.13. The molecule has 142 valence electrons. The van der Waals surface area contributed by atoms with E-state index in [1.165, 1.54) is 24.8 Å². The quantitative estimate of drug-likeness (QED) is 0.889. The van der Waals surface area contributed by atoms with Crippen molar-refractivity contribution in [1.29, 1.82) is 0 Å². The van der Waals surface area contributed by atoms with Crippen LogP contribution in [-0.2, 0) is 17.9 Å². The average molecular weight is 365 g/mol. The van der Waals surface area contributed by atoms with Crippen molar-refractivity contribution in [3.8, 4) is 5.75 Å². The van der Waals surface area contributed by atoms with Gasteiger partial charge < -0.3 is 14.8 Å². The smallest absolute Gasteiger partial charge is 0.213 e. The van der Waals surface area contributed by atoms with Crippen LogP contribution in [-0.4, -0.2) is 34.8 Å². The SMILES string of the molecule is c1cc(CNc2ccc3c(c2)COC2(CCN(C4CCC4)CC2)O3)ccn1. The molecule has 5 heteroatoms. The van der Waals surface area contributed by atoms with E-state index in [4.69, 9.17) is 9.47 Å². The van der Waals surface area contributed by atoms with Crippen LogP contribution in [0.4, 0.5) is 5.69 Å². The molecule has 1 saturated heterocycles. The Morgan fingerprint density at radius 2 is 1.93 bits per heavy atom. The lowest BCUT2D eigenvalue weighted by molar-refractivity contribution is -0.231. The Morgan fingerprint density at radius 1 is 1.11 bits per heavy atom. The van der Waals surface area contributed by atoms with Gasteiger partial charge in [-0.15, -0.1) is 0 Å². The van der Waals surface area contributed by atoms with E-state index in [0.29, 0.717) is 6.61 Å². The Balaban J connectivity index is 1.21. The molecule has 27 heavy (non-hydrogen) atoms. The maximum absolute atomic E-state index is 6.37. The van der Waals surface area contributed by atoms with Crippen molar-refractivity contribution in [2.24, 2.45) is 0 Å². The summed E-state index contributed by atoms with van der Waals surface area (Å²) in [6, 6.07) is 11.2. The summed E-state index contributed by atoms with van der Waals surface area (Å²) in [5.74, 6) is 0.562. The first-order chi connectivity index (χ1) is 13.3. The number of benzene rings is 1. The normalized spacial score (nSPS) is 21.9. The van der Waals surface area contributed by atoms with E-state index in [0.717, 1.165) is 55.5 Å². The Bertz CT molecular complexity index is 783. The van der Waals surface area contributed by atoms with Gasteiger partial charge >= 0.3 is 0 Å². The Kier molecular flexibility index (Phi) is 4.50. The fraction of sp³-hybridized carbons (Fsp3) is 0.500. The molecule has 1 saturated carbocycles. The third-order valence-corrected chi connectivity index (χ3v) is 6.24. The van der Waals surface area contributed by atoms with Gasteiger partial charge in [0.05, 0.1) is 6.61 Å². The van der Waals surface area contributed by atoms with Crippen LogP contribution in [0.1, 0.15) is 43.2 Å². The van der Waals surface area contributed by atoms with Crippen LogP contribution in [0.5, 0.6) is 5.75 Å². The predicted molar refractivity (Wildman–Crippen MR) is 105 cm³/mol. The van der Waals surface area contributed by atoms with E-state index in [1.54, 1.807) is 0 Å². The zero-order chi connectivity index (χ0) is 18.1. The van der Waals surface area contributed by atoms with Crippen LogP contribution >= 0.6 is 0 Å². The molecular weight excluding hydrogens is 338 g/mol. The molecule has 0 atom stereocenters. The molecular formula is C22H27N3O2. The summed E-state index contributed by atoms with van der Waals surface area (Å²) in [4.78, 5) is 6.69. The first-order valence-electron chi connectivity index (χ1n) is 10.1. The molecule has 0 bridgehead atoms. The topological polar surface area (TPSA) is 46.6 Å². The lowest BCUT2D eigenvalue weighted by atomic mass is 9.89. The van der Waals surface area contributed by atoms with Crippen LogP contribution in [0, 0.1) is 0 Å². The number of fused-ring (bicyclic) bond motifs is 1. The van der Waals surface area contributed by atoms with Crippen molar-refractivity contribution in [2.45, 2.75) is 57.1 Å². The van der Waals surface area contributed by atoms with Gasteiger partial charge in [-0.3, -0.25) is 9.88 Å². The van der Waals surface area contributed by atoms with E-state index in [-0.39, 0.29) is 0 Å². The van der Waals surface area contributed by atoms with Crippen LogP contribution in [0.3, 0.4) is 0 Å². The number of nitrogens with one attached hydrogen (secondary N) is 1. The lowest BCUT2D eigenvalue weighted by Gasteiger charge is -2.47. The molecule has 0 amide bonds. The van der Waals surface area contributed by atoms with Crippen molar-refractivity contribution in [3.05, 3.63) is 53.9 Å². The summed E-state index contributed by atoms with van der Waals surface area (Å²) in [6.45, 7) is 3.59. The highest BCUT2D eigenvalue weighted by molar-refractivity contribution is 5.52. The molecule has 2 aromatic rings. The monoisotopic (exact) mass is 365 g/mol. The number of nitrogens with zero attached hydrogens (tertiary/aromatic N) is 2. The van der Waals surface area contributed by atoms with Crippen molar-refractivity contribution < 1.29 is 9.47 Å². The summed E-state index contributed by atoms with van der Waals surface area (Å²) in [5, 5.41) is 3.47. The first-order valence-corrected chi connectivity index (χ1v) is 10.1. The molecule has 1 aromatic heterocycles.